The topological polar surface area (TPSA) is 76.1 Å². The largest absolute Gasteiger partial charge is 0.573 e. The van der Waals surface area contributed by atoms with E-state index in [2.05, 4.69) is 4.74 Å². The van der Waals surface area contributed by atoms with Crippen LogP contribution in [0.1, 0.15) is 31.2 Å². The molecule has 27 heavy (non-hydrogen) atoms. The van der Waals surface area contributed by atoms with Gasteiger partial charge in [0.05, 0.1) is 6.42 Å². The van der Waals surface area contributed by atoms with Gasteiger partial charge in [0, 0.05) is 32.2 Å². The quantitative estimate of drug-likeness (QED) is 0.740. The monoisotopic (exact) mass is 389 g/mol. The van der Waals surface area contributed by atoms with E-state index in [4.69, 9.17) is 9.84 Å². The number of hydrogen-bond donors (Lipinski definition) is 1. The summed E-state index contributed by atoms with van der Waals surface area (Å²) in [4.78, 5) is 25.1. The number of hydrogen-bond acceptors (Lipinski definition) is 4. The van der Waals surface area contributed by atoms with Crippen LogP contribution in [0, 0.1) is 0 Å². The van der Waals surface area contributed by atoms with Gasteiger partial charge in [-0.05, 0) is 37.0 Å². The first kappa shape index (κ1) is 21.0. The Hall–Kier alpha value is -2.29. The molecule has 6 nitrogen and oxygen atoms in total. The second-order valence-electron chi connectivity index (χ2n) is 6.27. The van der Waals surface area contributed by atoms with Gasteiger partial charge in [-0.1, -0.05) is 12.1 Å². The van der Waals surface area contributed by atoms with Gasteiger partial charge < -0.3 is 19.5 Å². The fourth-order valence-corrected chi connectivity index (χ4v) is 2.98. The van der Waals surface area contributed by atoms with E-state index in [9.17, 15) is 22.8 Å². The smallest absolute Gasteiger partial charge is 0.481 e. The maximum absolute atomic E-state index is 12.6. The molecular weight excluding hydrogens is 367 g/mol. The Bertz CT molecular complexity index is 627. The maximum Gasteiger partial charge on any atom is 0.573 e. The van der Waals surface area contributed by atoms with Crippen LogP contribution in [0.25, 0.3) is 0 Å². The van der Waals surface area contributed by atoms with E-state index in [1.165, 1.54) is 24.3 Å². The highest BCUT2D eigenvalue weighted by Crippen LogP contribution is 2.23. The predicted octanol–water partition coefficient (Wildman–Crippen LogP) is 3.00. The first-order valence-corrected chi connectivity index (χ1v) is 8.68. The molecule has 0 spiro atoms. The van der Waals surface area contributed by atoms with Gasteiger partial charge in [-0.15, -0.1) is 13.2 Å². The van der Waals surface area contributed by atoms with Gasteiger partial charge in [0.25, 0.3) is 0 Å². The van der Waals surface area contributed by atoms with Gasteiger partial charge in [-0.3, -0.25) is 9.59 Å². The molecule has 1 amide bonds. The molecule has 1 aromatic carbocycles. The average molecular weight is 389 g/mol. The lowest BCUT2D eigenvalue weighted by atomic mass is 10.0. The Balaban J connectivity index is 1.92. The van der Waals surface area contributed by atoms with Gasteiger partial charge in [-0.2, -0.15) is 0 Å². The summed E-state index contributed by atoms with van der Waals surface area (Å²) in [5, 5.41) is 8.90. The van der Waals surface area contributed by atoms with E-state index < -0.39 is 12.3 Å². The third kappa shape index (κ3) is 7.46. The summed E-state index contributed by atoms with van der Waals surface area (Å²) in [6.07, 6.45) is -3.06. The molecule has 1 saturated heterocycles. The first-order valence-electron chi connectivity index (χ1n) is 8.68. The second kappa shape index (κ2) is 9.59. The minimum absolute atomic E-state index is 0.0480. The van der Waals surface area contributed by atoms with Crippen molar-refractivity contribution in [2.24, 2.45) is 0 Å². The van der Waals surface area contributed by atoms with Crippen LogP contribution in [-0.2, 0) is 20.7 Å². The number of ether oxygens (including phenoxy) is 2. The molecule has 1 N–H and O–H groups in total. The molecule has 0 saturated carbocycles. The number of aliphatic carboxylic acids is 1. The van der Waals surface area contributed by atoms with Gasteiger partial charge in [0.15, 0.2) is 0 Å². The lowest BCUT2D eigenvalue weighted by Crippen LogP contribution is -2.44. The molecule has 9 heteroatoms. The van der Waals surface area contributed by atoms with Crippen molar-refractivity contribution >= 4 is 11.9 Å². The zero-order valence-corrected chi connectivity index (χ0v) is 14.7. The maximum atomic E-state index is 12.6. The molecule has 150 valence electrons. The summed E-state index contributed by atoms with van der Waals surface area (Å²) in [7, 11) is 0. The summed E-state index contributed by atoms with van der Waals surface area (Å²) in [5.74, 6) is -1.46. The molecule has 0 aliphatic carbocycles. The number of rotatable bonds is 8. The Labute approximate surface area is 154 Å². The molecule has 0 bridgehead atoms. The van der Waals surface area contributed by atoms with Crippen LogP contribution >= 0.6 is 0 Å². The molecule has 1 heterocycles. The molecular formula is C18H22F3NO5. The summed E-state index contributed by atoms with van der Waals surface area (Å²) < 4.78 is 45.6. The molecule has 0 aromatic heterocycles. The molecule has 1 aromatic rings. The van der Waals surface area contributed by atoms with E-state index in [1.807, 2.05) is 0 Å². The number of carbonyl (C=O) groups is 2. The van der Waals surface area contributed by atoms with Gasteiger partial charge in [0.2, 0.25) is 5.91 Å². The van der Waals surface area contributed by atoms with Crippen molar-refractivity contribution in [2.75, 3.05) is 19.8 Å². The third-order valence-corrected chi connectivity index (χ3v) is 4.30. The van der Waals surface area contributed by atoms with Crippen LogP contribution in [0.2, 0.25) is 0 Å². The lowest BCUT2D eigenvalue weighted by molar-refractivity contribution is -0.274. The first-order chi connectivity index (χ1) is 12.7. The zero-order valence-electron chi connectivity index (χ0n) is 14.7. The fourth-order valence-electron chi connectivity index (χ4n) is 2.98. The molecule has 1 aliphatic rings. The van der Waals surface area contributed by atoms with Gasteiger partial charge in [-0.25, -0.2) is 0 Å². The van der Waals surface area contributed by atoms with E-state index in [1.54, 1.807) is 4.90 Å². The van der Waals surface area contributed by atoms with Crippen molar-refractivity contribution in [1.82, 2.24) is 4.90 Å². The van der Waals surface area contributed by atoms with E-state index in [0.29, 0.717) is 38.0 Å². The van der Waals surface area contributed by atoms with Gasteiger partial charge >= 0.3 is 12.3 Å². The Kier molecular flexibility index (Phi) is 7.46. The molecule has 0 unspecified atom stereocenters. The van der Waals surface area contributed by atoms with Crippen molar-refractivity contribution in [2.45, 2.75) is 44.5 Å². The minimum atomic E-state index is -4.74. The molecule has 0 atom stereocenters. The van der Waals surface area contributed by atoms with Crippen molar-refractivity contribution in [3.05, 3.63) is 29.8 Å². The normalized spacial score (nSPS) is 15.4. The van der Waals surface area contributed by atoms with Crippen LogP contribution in [-0.4, -0.2) is 54.0 Å². The number of aryl methyl sites for hydroxylation is 1. The Morgan fingerprint density at radius 2 is 1.78 bits per heavy atom. The van der Waals surface area contributed by atoms with E-state index in [0.717, 1.165) is 0 Å². The predicted molar refractivity (Wildman–Crippen MR) is 89.3 cm³/mol. The molecule has 0 radical (unpaired) electrons. The number of benzene rings is 1. The molecule has 1 fully saturated rings. The summed E-state index contributed by atoms with van der Waals surface area (Å²) in [6.45, 7) is 1.20. The van der Waals surface area contributed by atoms with E-state index in [-0.39, 0.29) is 37.1 Å². The SMILES string of the molecule is O=C(O)CCN(C(=O)CCc1ccc(OC(F)(F)F)cc1)C1CCOCC1. The number of carboxylic acid groups (broad SMARTS) is 1. The number of carboxylic acids is 1. The van der Waals surface area contributed by atoms with Crippen molar-refractivity contribution < 1.29 is 37.3 Å². The third-order valence-electron chi connectivity index (χ3n) is 4.30. The standard InChI is InChI=1S/C18H22F3NO5/c19-18(20,21)27-15-4-1-13(2-5-15)3-6-16(23)22(10-7-17(24)25)14-8-11-26-12-9-14/h1-2,4-5,14H,3,6-12H2,(H,24,25). The van der Waals surface area contributed by atoms with Crippen LogP contribution in [0.4, 0.5) is 13.2 Å². The van der Waals surface area contributed by atoms with Crippen molar-refractivity contribution in [3.8, 4) is 5.75 Å². The van der Waals surface area contributed by atoms with E-state index >= 15 is 0 Å². The average Bonchev–Trinajstić information content (AvgIpc) is 2.60. The van der Waals surface area contributed by atoms with Crippen LogP contribution in [0.3, 0.4) is 0 Å². The van der Waals surface area contributed by atoms with Crippen molar-refractivity contribution in [1.29, 1.82) is 0 Å². The Morgan fingerprint density at radius 1 is 1.15 bits per heavy atom. The summed E-state index contributed by atoms with van der Waals surface area (Å²) in [6, 6.07) is 5.31. The molecule has 2 rings (SSSR count). The van der Waals surface area contributed by atoms with Crippen LogP contribution in [0.15, 0.2) is 24.3 Å². The zero-order chi connectivity index (χ0) is 19.9. The summed E-state index contributed by atoms with van der Waals surface area (Å²) >= 11 is 0. The number of alkyl halides is 3. The second-order valence-corrected chi connectivity index (χ2v) is 6.27. The fraction of sp³-hybridized carbons (Fsp3) is 0.556. The summed E-state index contributed by atoms with van der Waals surface area (Å²) in [5.41, 5.74) is 0.697. The number of carbonyl (C=O) groups excluding carboxylic acids is 1. The number of amides is 1. The highest BCUT2D eigenvalue weighted by molar-refractivity contribution is 5.77. The number of halogens is 3. The lowest BCUT2D eigenvalue weighted by Gasteiger charge is -2.34. The van der Waals surface area contributed by atoms with Crippen molar-refractivity contribution in [3.63, 3.8) is 0 Å². The Morgan fingerprint density at radius 3 is 2.33 bits per heavy atom. The van der Waals surface area contributed by atoms with Gasteiger partial charge in [0.1, 0.15) is 5.75 Å². The van der Waals surface area contributed by atoms with Crippen LogP contribution in [0.5, 0.6) is 5.75 Å². The number of nitrogens with zero attached hydrogens (tertiary/aromatic N) is 1. The highest BCUT2D eigenvalue weighted by atomic mass is 19.4. The molecule has 1 aliphatic heterocycles. The van der Waals surface area contributed by atoms with Crippen LogP contribution < -0.4 is 4.74 Å². The highest BCUT2D eigenvalue weighted by Gasteiger charge is 2.31. The minimum Gasteiger partial charge on any atom is -0.481 e.